The fraction of sp³-hybridized carbons (Fsp3) is 0.222. The lowest BCUT2D eigenvalue weighted by molar-refractivity contribution is -0.120. The van der Waals surface area contributed by atoms with Crippen LogP contribution in [0.5, 0.6) is 0 Å². The monoisotopic (exact) mass is 311 g/mol. The lowest BCUT2D eigenvalue weighted by Gasteiger charge is -2.17. The molecule has 2 amide bonds. The molecule has 0 aliphatic heterocycles. The molecule has 2 aromatic carbocycles. The molecule has 1 atom stereocenters. The topological polar surface area (TPSA) is 84.2 Å². The quantitative estimate of drug-likeness (QED) is 0.716. The van der Waals surface area contributed by atoms with Crippen LogP contribution in [0.1, 0.15) is 35.3 Å². The summed E-state index contributed by atoms with van der Waals surface area (Å²) in [7, 11) is 0. The Balaban J connectivity index is 1.88. The molecular formula is C18H21N3O2. The summed E-state index contributed by atoms with van der Waals surface area (Å²) in [6.07, 6.45) is 0.777. The zero-order valence-corrected chi connectivity index (χ0v) is 13.1. The van der Waals surface area contributed by atoms with Gasteiger partial charge in [-0.2, -0.15) is 0 Å². The van der Waals surface area contributed by atoms with Gasteiger partial charge in [-0.25, -0.2) is 0 Å². The summed E-state index contributed by atoms with van der Waals surface area (Å²) >= 11 is 0. The van der Waals surface area contributed by atoms with Crippen LogP contribution in [0.25, 0.3) is 0 Å². The minimum atomic E-state index is -0.319. The predicted molar refractivity (Wildman–Crippen MR) is 90.8 cm³/mol. The van der Waals surface area contributed by atoms with Crippen molar-refractivity contribution in [2.75, 3.05) is 12.3 Å². The van der Waals surface area contributed by atoms with Gasteiger partial charge in [0.1, 0.15) is 0 Å². The Morgan fingerprint density at radius 2 is 1.83 bits per heavy atom. The highest BCUT2D eigenvalue weighted by Gasteiger charge is 2.13. The number of anilines is 1. The van der Waals surface area contributed by atoms with Crippen molar-refractivity contribution in [2.45, 2.75) is 19.4 Å². The molecule has 0 radical (unpaired) electrons. The second-order valence-electron chi connectivity index (χ2n) is 5.25. The molecule has 120 valence electrons. The number of nitrogen functional groups attached to an aromatic ring is 1. The number of nitrogens with two attached hydrogens (primary N) is 1. The molecule has 0 fully saturated rings. The Hall–Kier alpha value is -2.82. The van der Waals surface area contributed by atoms with Crippen LogP contribution in [-0.4, -0.2) is 18.4 Å². The molecule has 0 saturated carbocycles. The van der Waals surface area contributed by atoms with E-state index >= 15 is 0 Å². The van der Waals surface area contributed by atoms with E-state index in [9.17, 15) is 9.59 Å². The number of carbonyl (C=O) groups is 2. The van der Waals surface area contributed by atoms with Crippen molar-refractivity contribution in [1.29, 1.82) is 0 Å². The van der Waals surface area contributed by atoms with Crippen molar-refractivity contribution >= 4 is 17.5 Å². The van der Waals surface area contributed by atoms with E-state index in [0.717, 1.165) is 12.0 Å². The second-order valence-corrected chi connectivity index (χ2v) is 5.25. The van der Waals surface area contributed by atoms with E-state index in [1.807, 2.05) is 37.3 Å². The number of benzene rings is 2. The maximum absolute atomic E-state index is 12.0. The number of amides is 2. The van der Waals surface area contributed by atoms with Crippen molar-refractivity contribution in [3.05, 3.63) is 65.7 Å². The van der Waals surface area contributed by atoms with Crippen LogP contribution >= 0.6 is 0 Å². The highest BCUT2D eigenvalue weighted by atomic mass is 16.2. The van der Waals surface area contributed by atoms with Crippen LogP contribution in [0.3, 0.4) is 0 Å². The summed E-state index contributed by atoms with van der Waals surface area (Å²) in [4.78, 5) is 24.0. The van der Waals surface area contributed by atoms with E-state index in [-0.39, 0.29) is 24.4 Å². The Morgan fingerprint density at radius 3 is 2.48 bits per heavy atom. The van der Waals surface area contributed by atoms with E-state index in [2.05, 4.69) is 10.6 Å². The maximum atomic E-state index is 12.0. The summed E-state index contributed by atoms with van der Waals surface area (Å²) < 4.78 is 0. The molecule has 2 aromatic rings. The van der Waals surface area contributed by atoms with Gasteiger partial charge in [0.25, 0.3) is 5.91 Å². The first-order chi connectivity index (χ1) is 11.1. The lowest BCUT2D eigenvalue weighted by atomic mass is 10.0. The normalized spacial score (nSPS) is 11.5. The number of carbonyl (C=O) groups excluding carboxylic acids is 2. The summed E-state index contributed by atoms with van der Waals surface area (Å²) in [5.41, 5.74) is 7.64. The molecule has 0 aromatic heterocycles. The molecule has 0 spiro atoms. The van der Waals surface area contributed by atoms with E-state index in [4.69, 9.17) is 5.73 Å². The van der Waals surface area contributed by atoms with Gasteiger partial charge in [0.15, 0.2) is 0 Å². The minimum absolute atomic E-state index is 0.0621. The zero-order chi connectivity index (χ0) is 16.7. The van der Waals surface area contributed by atoms with Gasteiger partial charge in [0, 0.05) is 11.3 Å². The Morgan fingerprint density at radius 1 is 1.09 bits per heavy atom. The summed E-state index contributed by atoms with van der Waals surface area (Å²) in [5.74, 6) is -0.543. The molecule has 0 aliphatic rings. The zero-order valence-electron chi connectivity index (χ0n) is 13.1. The Bertz CT molecular complexity index is 671. The molecule has 2 rings (SSSR count). The van der Waals surface area contributed by atoms with E-state index in [1.165, 1.54) is 0 Å². The van der Waals surface area contributed by atoms with Crippen LogP contribution in [0, 0.1) is 0 Å². The van der Waals surface area contributed by atoms with Gasteiger partial charge in [-0.1, -0.05) is 43.3 Å². The van der Waals surface area contributed by atoms with Crippen LogP contribution in [0.4, 0.5) is 5.69 Å². The molecule has 5 heteroatoms. The van der Waals surface area contributed by atoms with Crippen LogP contribution in [-0.2, 0) is 4.79 Å². The molecular weight excluding hydrogens is 290 g/mol. The molecule has 23 heavy (non-hydrogen) atoms. The van der Waals surface area contributed by atoms with E-state index in [0.29, 0.717) is 11.3 Å². The molecule has 5 nitrogen and oxygen atoms in total. The van der Waals surface area contributed by atoms with E-state index in [1.54, 1.807) is 24.3 Å². The first kappa shape index (κ1) is 16.5. The van der Waals surface area contributed by atoms with Crippen LogP contribution in [0.2, 0.25) is 0 Å². The molecule has 4 N–H and O–H groups in total. The van der Waals surface area contributed by atoms with Gasteiger partial charge in [0.05, 0.1) is 12.6 Å². The van der Waals surface area contributed by atoms with Crippen molar-refractivity contribution in [3.63, 3.8) is 0 Å². The number of hydrogen-bond donors (Lipinski definition) is 3. The standard InChI is InChI=1S/C18H21N3O2/c1-2-16(13-7-4-3-5-8-13)21-17(22)12-20-18(23)14-9-6-10-15(19)11-14/h3-11,16H,2,12,19H2,1H3,(H,20,23)(H,21,22). The lowest BCUT2D eigenvalue weighted by Crippen LogP contribution is -2.38. The Kier molecular flexibility index (Phi) is 5.74. The predicted octanol–water partition coefficient (Wildman–Crippen LogP) is 2.27. The number of hydrogen-bond acceptors (Lipinski definition) is 3. The SMILES string of the molecule is CCC(NC(=O)CNC(=O)c1cccc(N)c1)c1ccccc1. The average molecular weight is 311 g/mol. The molecule has 1 unspecified atom stereocenters. The number of rotatable bonds is 6. The van der Waals surface area contributed by atoms with Gasteiger partial charge in [-0.05, 0) is 30.2 Å². The fourth-order valence-corrected chi connectivity index (χ4v) is 2.29. The van der Waals surface area contributed by atoms with Gasteiger partial charge >= 0.3 is 0 Å². The Labute approximate surface area is 135 Å². The van der Waals surface area contributed by atoms with Gasteiger partial charge in [-0.3, -0.25) is 9.59 Å². The van der Waals surface area contributed by atoms with E-state index < -0.39 is 0 Å². The van der Waals surface area contributed by atoms with Crippen LogP contribution < -0.4 is 16.4 Å². The first-order valence-corrected chi connectivity index (χ1v) is 7.58. The van der Waals surface area contributed by atoms with Gasteiger partial charge in [0.2, 0.25) is 5.91 Å². The van der Waals surface area contributed by atoms with Gasteiger partial charge < -0.3 is 16.4 Å². The van der Waals surface area contributed by atoms with Crippen molar-refractivity contribution in [1.82, 2.24) is 10.6 Å². The minimum Gasteiger partial charge on any atom is -0.399 e. The third kappa shape index (κ3) is 4.85. The largest absolute Gasteiger partial charge is 0.399 e. The van der Waals surface area contributed by atoms with Gasteiger partial charge in [-0.15, -0.1) is 0 Å². The van der Waals surface area contributed by atoms with Crippen molar-refractivity contribution < 1.29 is 9.59 Å². The van der Waals surface area contributed by atoms with Crippen molar-refractivity contribution in [3.8, 4) is 0 Å². The molecule has 0 saturated heterocycles. The highest BCUT2D eigenvalue weighted by molar-refractivity contribution is 5.97. The fourth-order valence-electron chi connectivity index (χ4n) is 2.29. The van der Waals surface area contributed by atoms with Crippen molar-refractivity contribution in [2.24, 2.45) is 0 Å². The number of nitrogens with one attached hydrogen (secondary N) is 2. The summed E-state index contributed by atoms with van der Waals surface area (Å²) in [6, 6.07) is 16.3. The smallest absolute Gasteiger partial charge is 0.251 e. The second kappa shape index (κ2) is 7.98. The molecule has 0 aliphatic carbocycles. The molecule has 0 heterocycles. The third-order valence-corrected chi connectivity index (χ3v) is 3.50. The average Bonchev–Trinajstić information content (AvgIpc) is 2.58. The summed E-state index contributed by atoms with van der Waals surface area (Å²) in [6.45, 7) is 1.93. The first-order valence-electron chi connectivity index (χ1n) is 7.58. The van der Waals surface area contributed by atoms with Crippen LogP contribution in [0.15, 0.2) is 54.6 Å². The highest BCUT2D eigenvalue weighted by Crippen LogP contribution is 2.15. The molecule has 0 bridgehead atoms. The maximum Gasteiger partial charge on any atom is 0.251 e. The third-order valence-electron chi connectivity index (χ3n) is 3.50. The summed E-state index contributed by atoms with van der Waals surface area (Å²) in [5, 5.41) is 5.52.